The molecule has 204 valence electrons. The first-order valence-electron chi connectivity index (χ1n) is 13.2. The van der Waals surface area contributed by atoms with Gasteiger partial charge < -0.3 is 19.7 Å². The molecule has 1 amide bonds. The zero-order valence-electron chi connectivity index (χ0n) is 22.4. The molecule has 3 aromatic rings. The summed E-state index contributed by atoms with van der Waals surface area (Å²) in [5, 5.41) is 2.66. The van der Waals surface area contributed by atoms with E-state index < -0.39 is 17.6 Å². The number of carbonyl (C=O) groups excluding carboxylic acids is 1. The number of nitrogens with one attached hydrogen (secondary N) is 1. The lowest BCUT2D eigenvalue weighted by molar-refractivity contribution is -0.137. The van der Waals surface area contributed by atoms with E-state index in [0.717, 1.165) is 74.1 Å². The van der Waals surface area contributed by atoms with E-state index >= 15 is 0 Å². The summed E-state index contributed by atoms with van der Waals surface area (Å²) >= 11 is 0. The van der Waals surface area contributed by atoms with Crippen LogP contribution in [0.25, 0.3) is 11.3 Å². The van der Waals surface area contributed by atoms with E-state index in [4.69, 9.17) is 0 Å². The average molecular weight is 527 g/mol. The number of hydrogen-bond donors (Lipinski definition) is 1. The predicted molar refractivity (Wildman–Crippen MR) is 146 cm³/mol. The van der Waals surface area contributed by atoms with Crippen LogP contribution in [-0.4, -0.2) is 60.5 Å². The van der Waals surface area contributed by atoms with E-state index in [1.54, 1.807) is 0 Å². The van der Waals surface area contributed by atoms with Gasteiger partial charge in [-0.15, -0.1) is 0 Å². The van der Waals surface area contributed by atoms with Gasteiger partial charge in [-0.2, -0.15) is 13.2 Å². The molecule has 0 bridgehead atoms. The lowest BCUT2D eigenvalue weighted by Gasteiger charge is -2.31. The molecule has 1 saturated heterocycles. The fourth-order valence-corrected chi connectivity index (χ4v) is 5.26. The maximum absolute atomic E-state index is 13.2. The summed E-state index contributed by atoms with van der Waals surface area (Å²) in [5.41, 5.74) is 2.50. The van der Waals surface area contributed by atoms with Crippen molar-refractivity contribution in [2.45, 2.75) is 38.9 Å². The van der Waals surface area contributed by atoms with Crippen molar-refractivity contribution in [3.63, 3.8) is 0 Å². The van der Waals surface area contributed by atoms with Crippen molar-refractivity contribution >= 4 is 11.6 Å². The number of benzene rings is 2. The SMILES string of the molecule is Cc1c(C(=O)Nc2cccc(C(F)(F)F)c2)cc(-c2ccccc2)n1CCCN(C)CC1CCN(C)CC1. The molecule has 0 spiro atoms. The Morgan fingerprint density at radius 3 is 2.45 bits per heavy atom. The number of likely N-dealkylation sites (tertiary alicyclic amines) is 1. The Kier molecular flexibility index (Phi) is 8.95. The molecule has 0 atom stereocenters. The third-order valence-corrected chi connectivity index (χ3v) is 7.46. The third-order valence-electron chi connectivity index (χ3n) is 7.46. The van der Waals surface area contributed by atoms with Gasteiger partial charge in [-0.1, -0.05) is 36.4 Å². The molecule has 0 radical (unpaired) electrons. The maximum atomic E-state index is 13.2. The van der Waals surface area contributed by atoms with E-state index in [9.17, 15) is 18.0 Å². The molecule has 2 heterocycles. The standard InChI is InChI=1S/C30H37F3N4O/c1-22-27(29(38)34-26-12-7-11-25(19-26)30(31,32)33)20-28(24-9-5-4-6-10-24)37(22)16-8-15-36(3)21-23-13-17-35(2)18-14-23/h4-7,9-12,19-20,23H,8,13-18,21H2,1-3H3,(H,34,38). The van der Waals surface area contributed by atoms with Crippen molar-refractivity contribution in [2.75, 3.05) is 45.6 Å². The minimum Gasteiger partial charge on any atom is -0.344 e. The molecule has 0 unspecified atom stereocenters. The largest absolute Gasteiger partial charge is 0.416 e. The highest BCUT2D eigenvalue weighted by molar-refractivity contribution is 6.06. The fraction of sp³-hybridized carbons (Fsp3) is 0.433. The van der Waals surface area contributed by atoms with Gasteiger partial charge in [-0.25, -0.2) is 0 Å². The van der Waals surface area contributed by atoms with Crippen LogP contribution < -0.4 is 5.32 Å². The fourth-order valence-electron chi connectivity index (χ4n) is 5.26. The van der Waals surface area contributed by atoms with Crippen LogP contribution in [-0.2, 0) is 12.7 Å². The molecule has 1 aliphatic rings. The van der Waals surface area contributed by atoms with E-state index in [1.165, 1.54) is 25.0 Å². The van der Waals surface area contributed by atoms with E-state index in [2.05, 4.69) is 33.8 Å². The average Bonchev–Trinajstić information content (AvgIpc) is 3.22. The highest BCUT2D eigenvalue weighted by Crippen LogP contribution is 2.31. The Hall–Kier alpha value is -3.10. The van der Waals surface area contributed by atoms with E-state index in [-0.39, 0.29) is 5.69 Å². The van der Waals surface area contributed by atoms with Crippen molar-refractivity contribution < 1.29 is 18.0 Å². The van der Waals surface area contributed by atoms with Gasteiger partial charge in [0.25, 0.3) is 5.91 Å². The second-order valence-electron chi connectivity index (χ2n) is 10.4. The van der Waals surface area contributed by atoms with Gasteiger partial charge in [0.05, 0.1) is 11.1 Å². The number of aromatic nitrogens is 1. The Morgan fingerprint density at radius 1 is 1.05 bits per heavy atom. The smallest absolute Gasteiger partial charge is 0.344 e. The number of hydrogen-bond acceptors (Lipinski definition) is 3. The molecule has 2 aromatic carbocycles. The normalized spacial score (nSPS) is 15.2. The minimum absolute atomic E-state index is 0.119. The maximum Gasteiger partial charge on any atom is 0.416 e. The summed E-state index contributed by atoms with van der Waals surface area (Å²) in [7, 11) is 4.35. The molecule has 0 saturated carbocycles. The van der Waals surface area contributed by atoms with Crippen molar-refractivity contribution in [3.05, 3.63) is 77.5 Å². The monoisotopic (exact) mass is 526 g/mol. The van der Waals surface area contributed by atoms with E-state index in [1.807, 2.05) is 43.3 Å². The van der Waals surface area contributed by atoms with Crippen LogP contribution in [0.3, 0.4) is 0 Å². The number of carbonyl (C=O) groups is 1. The predicted octanol–water partition coefficient (Wildman–Crippen LogP) is 6.40. The second-order valence-corrected chi connectivity index (χ2v) is 10.4. The van der Waals surface area contributed by atoms with Crippen LogP contribution in [0.1, 0.15) is 40.9 Å². The summed E-state index contributed by atoms with van der Waals surface area (Å²) in [4.78, 5) is 18.0. The molecule has 0 aliphatic carbocycles. The molecule has 1 aromatic heterocycles. The van der Waals surface area contributed by atoms with Gasteiger partial charge in [0, 0.05) is 30.2 Å². The summed E-state index contributed by atoms with van der Waals surface area (Å²) in [5.74, 6) is 0.313. The number of alkyl halides is 3. The zero-order valence-corrected chi connectivity index (χ0v) is 22.4. The Morgan fingerprint density at radius 2 is 1.76 bits per heavy atom. The number of nitrogens with zero attached hydrogens (tertiary/aromatic N) is 3. The van der Waals surface area contributed by atoms with Crippen LogP contribution in [0.15, 0.2) is 60.7 Å². The first kappa shape index (κ1) is 27.9. The molecule has 4 rings (SSSR count). The summed E-state index contributed by atoms with van der Waals surface area (Å²) < 4.78 is 41.6. The van der Waals surface area contributed by atoms with Gasteiger partial charge in [-0.3, -0.25) is 4.79 Å². The summed E-state index contributed by atoms with van der Waals surface area (Å²) in [6.07, 6.45) is -1.08. The number of halogens is 3. The number of anilines is 1. The number of amides is 1. The Balaban J connectivity index is 1.48. The highest BCUT2D eigenvalue weighted by atomic mass is 19.4. The molecular weight excluding hydrogens is 489 g/mol. The lowest BCUT2D eigenvalue weighted by Crippen LogP contribution is -2.36. The van der Waals surface area contributed by atoms with Gasteiger partial charge >= 0.3 is 6.18 Å². The second kappa shape index (κ2) is 12.2. The summed E-state index contributed by atoms with van der Waals surface area (Å²) in [6.45, 7) is 7.00. The van der Waals surface area contributed by atoms with Crippen LogP contribution in [0.4, 0.5) is 18.9 Å². The van der Waals surface area contributed by atoms with Crippen molar-refractivity contribution in [2.24, 2.45) is 5.92 Å². The highest BCUT2D eigenvalue weighted by Gasteiger charge is 2.30. The van der Waals surface area contributed by atoms with Gasteiger partial charge in [0.2, 0.25) is 0 Å². The third kappa shape index (κ3) is 7.05. The van der Waals surface area contributed by atoms with Crippen molar-refractivity contribution in [1.29, 1.82) is 0 Å². The molecule has 38 heavy (non-hydrogen) atoms. The van der Waals surface area contributed by atoms with E-state index in [0.29, 0.717) is 5.56 Å². The van der Waals surface area contributed by atoms with Gasteiger partial charge in [0.15, 0.2) is 0 Å². The molecule has 1 N–H and O–H groups in total. The van der Waals surface area contributed by atoms with Crippen molar-refractivity contribution in [3.8, 4) is 11.3 Å². The van der Waals surface area contributed by atoms with Crippen LogP contribution in [0.5, 0.6) is 0 Å². The van der Waals surface area contributed by atoms with Crippen molar-refractivity contribution in [1.82, 2.24) is 14.4 Å². The van der Waals surface area contributed by atoms with Gasteiger partial charge in [-0.05, 0) is 95.7 Å². The first-order chi connectivity index (χ1) is 18.1. The number of rotatable bonds is 9. The lowest BCUT2D eigenvalue weighted by atomic mass is 9.97. The first-order valence-corrected chi connectivity index (χ1v) is 13.2. The Bertz CT molecular complexity index is 1210. The van der Waals surface area contributed by atoms with Crippen LogP contribution in [0, 0.1) is 12.8 Å². The molecule has 8 heteroatoms. The molecular formula is C30H37F3N4O. The molecule has 1 aliphatic heterocycles. The number of piperidine rings is 1. The molecule has 1 fully saturated rings. The topological polar surface area (TPSA) is 40.5 Å². The molecule has 5 nitrogen and oxygen atoms in total. The minimum atomic E-state index is -4.47. The summed E-state index contributed by atoms with van der Waals surface area (Å²) in [6, 6.07) is 16.4. The van der Waals surface area contributed by atoms with Gasteiger partial charge in [0.1, 0.15) is 0 Å². The quantitative estimate of drug-likeness (QED) is 0.351. The zero-order chi connectivity index (χ0) is 27.3. The van der Waals surface area contributed by atoms with Crippen LogP contribution in [0.2, 0.25) is 0 Å². The van der Waals surface area contributed by atoms with Crippen LogP contribution >= 0.6 is 0 Å². The Labute approximate surface area is 223 Å².